The molecule has 1 saturated heterocycles. The molecule has 4 heterocycles. The summed E-state index contributed by atoms with van der Waals surface area (Å²) in [6.45, 7) is 4.72. The fraction of sp³-hybridized carbons (Fsp3) is 0.450. The van der Waals surface area contributed by atoms with E-state index in [0.717, 1.165) is 42.3 Å². The standard InChI is InChI=1S/C20H25N5OS/c1-14-11-16-19(22-13-23-20(16)27-14)25-9-6-15(7-10-25)24-18(12-26-2)17-5-3-4-8-21-17/h3-5,8,11,13,15,18,24H,6-7,9-10,12H2,1-2H3/t18-/m1/s1. The zero-order valence-corrected chi connectivity index (χ0v) is 16.6. The molecule has 142 valence electrons. The van der Waals surface area contributed by atoms with E-state index < -0.39 is 0 Å². The van der Waals surface area contributed by atoms with Gasteiger partial charge in [-0.15, -0.1) is 11.3 Å². The number of rotatable bonds is 6. The first-order valence-corrected chi connectivity index (χ1v) is 10.2. The van der Waals surface area contributed by atoms with Gasteiger partial charge in [-0.25, -0.2) is 9.97 Å². The molecule has 3 aromatic rings. The van der Waals surface area contributed by atoms with Gasteiger partial charge in [0.2, 0.25) is 0 Å². The molecule has 3 aromatic heterocycles. The largest absolute Gasteiger partial charge is 0.383 e. The van der Waals surface area contributed by atoms with E-state index in [0.29, 0.717) is 12.6 Å². The molecule has 0 radical (unpaired) electrons. The number of aryl methyl sites for hydroxylation is 1. The smallest absolute Gasteiger partial charge is 0.140 e. The molecule has 1 aliphatic rings. The number of nitrogens with zero attached hydrogens (tertiary/aromatic N) is 4. The summed E-state index contributed by atoms with van der Waals surface area (Å²) in [5, 5.41) is 4.92. The molecule has 27 heavy (non-hydrogen) atoms. The number of piperidine rings is 1. The van der Waals surface area contributed by atoms with Crippen LogP contribution < -0.4 is 10.2 Å². The van der Waals surface area contributed by atoms with Crippen LogP contribution in [0.5, 0.6) is 0 Å². The normalized spacial score (nSPS) is 16.7. The Labute approximate surface area is 163 Å². The first-order chi connectivity index (χ1) is 13.2. The maximum atomic E-state index is 5.41. The number of hydrogen-bond acceptors (Lipinski definition) is 7. The molecule has 1 fully saturated rings. The SMILES string of the molecule is COC[C@@H](NC1CCN(c2ncnc3sc(C)cc23)CC1)c1ccccn1. The lowest BCUT2D eigenvalue weighted by Crippen LogP contribution is -2.45. The third-order valence-electron chi connectivity index (χ3n) is 5.04. The molecule has 0 spiro atoms. The minimum absolute atomic E-state index is 0.123. The van der Waals surface area contributed by atoms with Crippen molar-refractivity contribution in [2.45, 2.75) is 31.8 Å². The summed E-state index contributed by atoms with van der Waals surface area (Å²) in [4.78, 5) is 18.2. The lowest BCUT2D eigenvalue weighted by atomic mass is 10.0. The summed E-state index contributed by atoms with van der Waals surface area (Å²) in [6.07, 6.45) is 5.67. The van der Waals surface area contributed by atoms with Gasteiger partial charge in [-0.1, -0.05) is 6.07 Å². The van der Waals surface area contributed by atoms with Crippen molar-refractivity contribution in [1.82, 2.24) is 20.3 Å². The maximum Gasteiger partial charge on any atom is 0.140 e. The first-order valence-electron chi connectivity index (χ1n) is 9.36. The molecule has 0 unspecified atom stereocenters. The van der Waals surface area contributed by atoms with E-state index in [2.05, 4.69) is 44.2 Å². The number of methoxy groups -OCH3 is 1. The van der Waals surface area contributed by atoms with Crippen LogP contribution in [0.3, 0.4) is 0 Å². The van der Waals surface area contributed by atoms with E-state index in [-0.39, 0.29) is 6.04 Å². The Morgan fingerprint density at radius 3 is 2.85 bits per heavy atom. The second kappa shape index (κ2) is 8.29. The molecule has 1 atom stereocenters. The van der Waals surface area contributed by atoms with Gasteiger partial charge in [0, 0.05) is 37.3 Å². The Morgan fingerprint density at radius 1 is 1.26 bits per heavy atom. The van der Waals surface area contributed by atoms with Gasteiger partial charge in [-0.3, -0.25) is 4.98 Å². The van der Waals surface area contributed by atoms with Gasteiger partial charge in [0.25, 0.3) is 0 Å². The van der Waals surface area contributed by atoms with Crippen molar-refractivity contribution < 1.29 is 4.74 Å². The summed E-state index contributed by atoms with van der Waals surface area (Å²) in [5.74, 6) is 1.07. The third kappa shape index (κ3) is 4.10. The minimum Gasteiger partial charge on any atom is -0.383 e. The van der Waals surface area contributed by atoms with Crippen LogP contribution in [-0.2, 0) is 4.74 Å². The highest BCUT2D eigenvalue weighted by Crippen LogP contribution is 2.31. The van der Waals surface area contributed by atoms with Gasteiger partial charge in [0.05, 0.1) is 23.7 Å². The average Bonchev–Trinajstić information content (AvgIpc) is 3.09. The molecule has 0 aromatic carbocycles. The van der Waals surface area contributed by atoms with Gasteiger partial charge < -0.3 is 15.0 Å². The Morgan fingerprint density at radius 2 is 2.11 bits per heavy atom. The Kier molecular flexibility index (Phi) is 5.61. The summed E-state index contributed by atoms with van der Waals surface area (Å²) in [5.41, 5.74) is 1.04. The van der Waals surface area contributed by atoms with E-state index >= 15 is 0 Å². The van der Waals surface area contributed by atoms with Gasteiger partial charge in [-0.05, 0) is 38.0 Å². The highest BCUT2D eigenvalue weighted by molar-refractivity contribution is 7.18. The van der Waals surface area contributed by atoms with Crippen LogP contribution in [0.15, 0.2) is 36.8 Å². The number of thiophene rings is 1. The van der Waals surface area contributed by atoms with Crippen molar-refractivity contribution in [1.29, 1.82) is 0 Å². The lowest BCUT2D eigenvalue weighted by Gasteiger charge is -2.35. The average molecular weight is 384 g/mol. The number of fused-ring (bicyclic) bond motifs is 1. The molecule has 6 nitrogen and oxygen atoms in total. The topological polar surface area (TPSA) is 63.2 Å². The predicted molar refractivity (Wildman–Crippen MR) is 109 cm³/mol. The fourth-order valence-electron chi connectivity index (χ4n) is 3.73. The summed E-state index contributed by atoms with van der Waals surface area (Å²) in [6, 6.07) is 8.80. The zero-order valence-electron chi connectivity index (χ0n) is 15.8. The monoisotopic (exact) mass is 383 g/mol. The molecular weight excluding hydrogens is 358 g/mol. The van der Waals surface area contributed by atoms with Crippen molar-refractivity contribution in [3.8, 4) is 0 Å². The molecular formula is C20H25N5OS. The number of pyridine rings is 1. The molecule has 1 N–H and O–H groups in total. The summed E-state index contributed by atoms with van der Waals surface area (Å²) >= 11 is 1.73. The van der Waals surface area contributed by atoms with Gasteiger partial charge >= 0.3 is 0 Å². The maximum absolute atomic E-state index is 5.41. The first kappa shape index (κ1) is 18.3. The van der Waals surface area contributed by atoms with E-state index in [1.54, 1.807) is 24.8 Å². The minimum atomic E-state index is 0.123. The second-order valence-corrected chi connectivity index (χ2v) is 8.20. The van der Waals surface area contributed by atoms with E-state index in [1.807, 2.05) is 18.3 Å². The Balaban J connectivity index is 1.42. The van der Waals surface area contributed by atoms with Crippen LogP contribution in [-0.4, -0.2) is 47.8 Å². The van der Waals surface area contributed by atoms with Crippen molar-refractivity contribution >= 4 is 27.4 Å². The number of ether oxygens (including phenoxy) is 1. The number of hydrogen-bond donors (Lipinski definition) is 1. The van der Waals surface area contributed by atoms with Crippen LogP contribution in [0.1, 0.15) is 29.5 Å². The van der Waals surface area contributed by atoms with Crippen molar-refractivity contribution in [2.75, 3.05) is 31.7 Å². The van der Waals surface area contributed by atoms with Crippen molar-refractivity contribution in [2.24, 2.45) is 0 Å². The van der Waals surface area contributed by atoms with E-state index in [4.69, 9.17) is 4.74 Å². The number of aromatic nitrogens is 3. The molecule has 0 aliphatic carbocycles. The van der Waals surface area contributed by atoms with Crippen LogP contribution in [0.25, 0.3) is 10.2 Å². The lowest BCUT2D eigenvalue weighted by molar-refractivity contribution is 0.156. The summed E-state index contributed by atoms with van der Waals surface area (Å²) in [7, 11) is 1.74. The quantitative estimate of drug-likeness (QED) is 0.704. The summed E-state index contributed by atoms with van der Waals surface area (Å²) < 4.78 is 5.41. The van der Waals surface area contributed by atoms with Gasteiger partial charge in [-0.2, -0.15) is 0 Å². The van der Waals surface area contributed by atoms with Crippen LogP contribution in [0.4, 0.5) is 5.82 Å². The Hall–Kier alpha value is -2.09. The third-order valence-corrected chi connectivity index (χ3v) is 6.00. The number of nitrogens with one attached hydrogen (secondary N) is 1. The second-order valence-electron chi connectivity index (χ2n) is 6.96. The fourth-order valence-corrected chi connectivity index (χ4v) is 4.57. The number of anilines is 1. The van der Waals surface area contributed by atoms with Crippen molar-refractivity contribution in [3.05, 3.63) is 47.4 Å². The zero-order chi connectivity index (χ0) is 18.6. The molecule has 0 saturated carbocycles. The van der Waals surface area contributed by atoms with Gasteiger partial charge in [0.1, 0.15) is 17.0 Å². The molecule has 0 bridgehead atoms. The molecule has 4 rings (SSSR count). The highest BCUT2D eigenvalue weighted by Gasteiger charge is 2.25. The van der Waals surface area contributed by atoms with E-state index in [1.165, 1.54) is 10.3 Å². The predicted octanol–water partition coefficient (Wildman–Crippen LogP) is 3.34. The Bertz CT molecular complexity index is 876. The van der Waals surface area contributed by atoms with Crippen LogP contribution >= 0.6 is 11.3 Å². The molecule has 1 aliphatic heterocycles. The van der Waals surface area contributed by atoms with E-state index in [9.17, 15) is 0 Å². The van der Waals surface area contributed by atoms with Crippen LogP contribution in [0.2, 0.25) is 0 Å². The van der Waals surface area contributed by atoms with Crippen molar-refractivity contribution in [3.63, 3.8) is 0 Å². The molecule has 0 amide bonds. The van der Waals surface area contributed by atoms with Crippen LogP contribution in [0, 0.1) is 6.92 Å². The van der Waals surface area contributed by atoms with Gasteiger partial charge in [0.15, 0.2) is 0 Å². The molecule has 7 heteroatoms. The highest BCUT2D eigenvalue weighted by atomic mass is 32.1.